The maximum Gasteiger partial charge on any atom is 0.264 e. The van der Waals surface area contributed by atoms with E-state index in [2.05, 4.69) is 30.5 Å². The monoisotopic (exact) mass is 392 g/mol. The van der Waals surface area contributed by atoms with Crippen molar-refractivity contribution >= 4 is 10.0 Å². The summed E-state index contributed by atoms with van der Waals surface area (Å²) in [6, 6.07) is 1.47. The van der Waals surface area contributed by atoms with Gasteiger partial charge in [-0.3, -0.25) is 0 Å². The van der Waals surface area contributed by atoms with E-state index in [1.807, 2.05) is 0 Å². The summed E-state index contributed by atoms with van der Waals surface area (Å²) in [6.45, 7) is 10.1. The largest absolute Gasteiger partial charge is 0.360 e. The predicted molar refractivity (Wildman–Crippen MR) is 101 cm³/mol. The molecular weight excluding hydrogens is 364 g/mol. The van der Waals surface area contributed by atoms with Gasteiger partial charge in [-0.1, -0.05) is 25.9 Å². The molecule has 0 atom stereocenters. The molecule has 0 spiro atoms. The average molecular weight is 393 g/mol. The van der Waals surface area contributed by atoms with Crippen LogP contribution >= 0.6 is 0 Å². The fraction of sp³-hybridized carbons (Fsp3) is 0.684. The second-order valence-corrected chi connectivity index (χ2v) is 11.0. The number of imidazole rings is 1. The Bertz CT molecular complexity index is 948. The van der Waals surface area contributed by atoms with E-state index in [-0.39, 0.29) is 10.4 Å². The fourth-order valence-electron chi connectivity index (χ4n) is 3.66. The molecule has 7 nitrogen and oxygen atoms in total. The highest BCUT2D eigenvalue weighted by Gasteiger charge is 2.35. The molecule has 2 aromatic rings. The number of rotatable bonds is 5. The fourth-order valence-corrected chi connectivity index (χ4v) is 5.00. The van der Waals surface area contributed by atoms with Crippen LogP contribution in [0.2, 0.25) is 0 Å². The third-order valence-corrected chi connectivity index (χ3v) is 6.91. The topological polar surface area (TPSA) is 81.2 Å². The van der Waals surface area contributed by atoms with E-state index in [1.165, 1.54) is 28.9 Å². The van der Waals surface area contributed by atoms with Crippen LogP contribution in [0.5, 0.6) is 0 Å². The Kier molecular flexibility index (Phi) is 4.46. The van der Waals surface area contributed by atoms with Crippen LogP contribution < -0.4 is 0 Å². The first-order valence-electron chi connectivity index (χ1n) is 9.64. The zero-order valence-electron chi connectivity index (χ0n) is 16.5. The Hall–Kier alpha value is -1.67. The zero-order valence-corrected chi connectivity index (χ0v) is 17.3. The van der Waals surface area contributed by atoms with Crippen LogP contribution in [-0.2, 0) is 36.0 Å². The highest BCUT2D eigenvalue weighted by atomic mass is 32.2. The summed E-state index contributed by atoms with van der Waals surface area (Å²) < 4.78 is 34.6. The molecule has 0 amide bonds. The minimum absolute atomic E-state index is 0.0178. The SMILES string of the molecule is Cc1cc(S(=O)(=O)N2CCc3c(nc(CC(C)(C)C)n3CC3CC3)C2)no1. The summed E-state index contributed by atoms with van der Waals surface area (Å²) in [6.07, 6.45) is 4.15. The summed E-state index contributed by atoms with van der Waals surface area (Å²) >= 11 is 0. The summed E-state index contributed by atoms with van der Waals surface area (Å²) in [5.41, 5.74) is 2.24. The summed E-state index contributed by atoms with van der Waals surface area (Å²) in [5.74, 6) is 2.34. The minimum atomic E-state index is -3.65. The van der Waals surface area contributed by atoms with Crippen LogP contribution in [0.3, 0.4) is 0 Å². The van der Waals surface area contributed by atoms with Gasteiger partial charge >= 0.3 is 0 Å². The summed E-state index contributed by atoms with van der Waals surface area (Å²) in [5, 5.41) is 3.69. The van der Waals surface area contributed by atoms with Crippen molar-refractivity contribution in [2.24, 2.45) is 11.3 Å². The first-order chi connectivity index (χ1) is 12.6. The quantitative estimate of drug-likeness (QED) is 0.781. The van der Waals surface area contributed by atoms with Gasteiger partial charge in [-0.15, -0.1) is 0 Å². The lowest BCUT2D eigenvalue weighted by Gasteiger charge is -2.25. The number of sulfonamides is 1. The Balaban J connectivity index is 1.64. The van der Waals surface area contributed by atoms with Gasteiger partial charge in [0, 0.05) is 37.7 Å². The molecule has 3 heterocycles. The Morgan fingerprint density at radius 3 is 2.63 bits per heavy atom. The van der Waals surface area contributed by atoms with Gasteiger partial charge in [0.2, 0.25) is 5.03 Å². The molecule has 148 valence electrons. The van der Waals surface area contributed by atoms with E-state index in [1.54, 1.807) is 6.92 Å². The third-order valence-electron chi connectivity index (χ3n) is 5.20. The molecule has 0 radical (unpaired) electrons. The van der Waals surface area contributed by atoms with Crippen LogP contribution in [0, 0.1) is 18.3 Å². The van der Waals surface area contributed by atoms with E-state index < -0.39 is 10.0 Å². The highest BCUT2D eigenvalue weighted by Crippen LogP contribution is 2.34. The molecule has 0 unspecified atom stereocenters. The molecule has 0 bridgehead atoms. The van der Waals surface area contributed by atoms with Gasteiger partial charge in [-0.05, 0) is 31.1 Å². The first kappa shape index (κ1) is 18.7. The second kappa shape index (κ2) is 6.44. The zero-order chi connectivity index (χ0) is 19.4. The number of nitrogens with zero attached hydrogens (tertiary/aromatic N) is 4. The number of fused-ring (bicyclic) bond motifs is 1. The van der Waals surface area contributed by atoms with E-state index in [4.69, 9.17) is 9.51 Å². The van der Waals surface area contributed by atoms with Gasteiger partial charge < -0.3 is 9.09 Å². The number of hydrogen-bond donors (Lipinski definition) is 0. The molecule has 1 saturated carbocycles. The lowest BCUT2D eigenvalue weighted by atomic mass is 9.92. The highest BCUT2D eigenvalue weighted by molar-refractivity contribution is 7.89. The van der Waals surface area contributed by atoms with Crippen LogP contribution in [0.4, 0.5) is 0 Å². The molecule has 4 rings (SSSR count). The van der Waals surface area contributed by atoms with Crippen LogP contribution in [0.15, 0.2) is 15.6 Å². The lowest BCUT2D eigenvalue weighted by molar-refractivity contribution is 0.359. The molecule has 8 heteroatoms. The smallest absolute Gasteiger partial charge is 0.264 e. The van der Waals surface area contributed by atoms with E-state index in [0.717, 1.165) is 30.4 Å². The van der Waals surface area contributed by atoms with Gasteiger partial charge in [0.25, 0.3) is 10.0 Å². The standard InChI is InChI=1S/C19H28N4O3S/c1-13-9-18(21-26-13)27(24,25)22-8-7-16-15(12-22)20-17(10-19(2,3)4)23(16)11-14-5-6-14/h9,14H,5-8,10-12H2,1-4H3. The van der Waals surface area contributed by atoms with Gasteiger partial charge in [0.05, 0.1) is 12.2 Å². The van der Waals surface area contributed by atoms with Gasteiger partial charge in [-0.25, -0.2) is 13.4 Å². The van der Waals surface area contributed by atoms with Crippen molar-refractivity contribution in [2.75, 3.05) is 6.54 Å². The first-order valence-corrected chi connectivity index (χ1v) is 11.1. The van der Waals surface area contributed by atoms with Crippen molar-refractivity contribution in [2.45, 2.75) is 71.5 Å². The van der Waals surface area contributed by atoms with E-state index in [0.29, 0.717) is 25.3 Å². The second-order valence-electron chi connectivity index (χ2n) is 9.08. The van der Waals surface area contributed by atoms with Gasteiger partial charge in [-0.2, -0.15) is 4.31 Å². The Labute approximate surface area is 160 Å². The number of hydrogen-bond acceptors (Lipinski definition) is 5. The number of aromatic nitrogens is 3. The minimum Gasteiger partial charge on any atom is -0.360 e. The van der Waals surface area contributed by atoms with Crippen molar-refractivity contribution in [3.63, 3.8) is 0 Å². The molecule has 1 aliphatic carbocycles. The van der Waals surface area contributed by atoms with Crippen molar-refractivity contribution in [3.05, 3.63) is 29.0 Å². The molecular formula is C19H28N4O3S. The van der Waals surface area contributed by atoms with Crippen LogP contribution in [-0.4, -0.2) is 34.0 Å². The van der Waals surface area contributed by atoms with Gasteiger partial charge in [0.1, 0.15) is 11.6 Å². The van der Waals surface area contributed by atoms with E-state index >= 15 is 0 Å². The third kappa shape index (κ3) is 3.82. The summed E-state index contributed by atoms with van der Waals surface area (Å²) in [7, 11) is -3.65. The maximum atomic E-state index is 12.9. The normalized spacial score (nSPS) is 18.7. The van der Waals surface area contributed by atoms with E-state index in [9.17, 15) is 8.42 Å². The van der Waals surface area contributed by atoms with Crippen LogP contribution in [0.1, 0.15) is 56.6 Å². The molecule has 1 aliphatic heterocycles. The molecule has 0 saturated heterocycles. The molecule has 0 aromatic carbocycles. The molecule has 2 aromatic heterocycles. The molecule has 0 N–H and O–H groups in total. The molecule has 27 heavy (non-hydrogen) atoms. The lowest BCUT2D eigenvalue weighted by Crippen LogP contribution is -2.36. The van der Waals surface area contributed by atoms with Crippen molar-refractivity contribution in [1.82, 2.24) is 19.0 Å². The Morgan fingerprint density at radius 2 is 2.04 bits per heavy atom. The van der Waals surface area contributed by atoms with Crippen molar-refractivity contribution < 1.29 is 12.9 Å². The van der Waals surface area contributed by atoms with Crippen molar-refractivity contribution in [1.29, 1.82) is 0 Å². The van der Waals surface area contributed by atoms with Crippen LogP contribution in [0.25, 0.3) is 0 Å². The maximum absolute atomic E-state index is 12.9. The summed E-state index contributed by atoms with van der Waals surface area (Å²) in [4.78, 5) is 4.89. The molecule has 2 aliphatic rings. The predicted octanol–water partition coefficient (Wildman–Crippen LogP) is 2.93. The molecule has 1 fully saturated rings. The van der Waals surface area contributed by atoms with Crippen molar-refractivity contribution in [3.8, 4) is 0 Å². The number of aryl methyl sites for hydroxylation is 1. The van der Waals surface area contributed by atoms with Gasteiger partial charge in [0.15, 0.2) is 0 Å². The Morgan fingerprint density at radius 1 is 1.30 bits per heavy atom. The average Bonchev–Trinajstić information content (AvgIpc) is 3.18.